The summed E-state index contributed by atoms with van der Waals surface area (Å²) in [4.78, 5) is 45.0. The topological polar surface area (TPSA) is 98.1 Å². The quantitative estimate of drug-likeness (QED) is 0.562. The lowest BCUT2D eigenvalue weighted by Crippen LogP contribution is -2.40. The molecule has 7 nitrogen and oxygen atoms in total. The molecule has 3 N–H and O–H groups in total. The van der Waals surface area contributed by atoms with E-state index >= 15 is 0 Å². The fourth-order valence-electron chi connectivity index (χ4n) is 4.96. The summed E-state index contributed by atoms with van der Waals surface area (Å²) in [6.45, 7) is 3.76. The number of nitrogens with one attached hydrogen (secondary N) is 3. The van der Waals surface area contributed by atoms with Crippen molar-refractivity contribution >= 4 is 17.3 Å². The van der Waals surface area contributed by atoms with Crippen LogP contribution in [0.1, 0.15) is 42.4 Å². The van der Waals surface area contributed by atoms with Gasteiger partial charge in [0.25, 0.3) is 5.56 Å². The molecule has 5 rings (SSSR count). The number of rotatable bonds is 5. The van der Waals surface area contributed by atoms with Gasteiger partial charge in [-0.25, -0.2) is 4.79 Å². The minimum absolute atomic E-state index is 0.101. The summed E-state index contributed by atoms with van der Waals surface area (Å²) in [7, 11) is 0. The molecule has 3 aromatic rings. The van der Waals surface area contributed by atoms with Crippen molar-refractivity contribution in [3.63, 3.8) is 0 Å². The van der Waals surface area contributed by atoms with Crippen LogP contribution in [0.4, 0.5) is 11.5 Å². The second-order valence-corrected chi connectivity index (χ2v) is 8.53. The van der Waals surface area contributed by atoms with Gasteiger partial charge in [0.2, 0.25) is 0 Å². The van der Waals surface area contributed by atoms with Gasteiger partial charge in [-0.15, -0.1) is 0 Å². The number of carbonyl (C=O) groups excluding carboxylic acids is 1. The largest absolute Gasteiger partial charge is 0.367 e. The third-order valence-electron chi connectivity index (χ3n) is 6.55. The first-order chi connectivity index (χ1) is 16.0. The fourth-order valence-corrected chi connectivity index (χ4v) is 4.96. The van der Waals surface area contributed by atoms with E-state index in [-0.39, 0.29) is 5.78 Å². The zero-order valence-corrected chi connectivity index (χ0v) is 18.4. The van der Waals surface area contributed by atoms with E-state index < -0.39 is 23.1 Å². The molecule has 1 aliphatic carbocycles. The summed E-state index contributed by atoms with van der Waals surface area (Å²) < 4.78 is 0. The number of benzene rings is 2. The number of hydrogen-bond acceptors (Lipinski definition) is 5. The van der Waals surface area contributed by atoms with Crippen LogP contribution >= 0.6 is 0 Å². The maximum atomic E-state index is 13.0. The Hall–Kier alpha value is -3.87. The molecule has 2 atom stereocenters. The molecule has 1 aliphatic heterocycles. The lowest BCUT2D eigenvalue weighted by atomic mass is 9.72. The Morgan fingerprint density at radius 3 is 2.42 bits per heavy atom. The van der Waals surface area contributed by atoms with Gasteiger partial charge in [0, 0.05) is 36.8 Å². The highest BCUT2D eigenvalue weighted by Crippen LogP contribution is 2.44. The van der Waals surface area contributed by atoms with Crippen molar-refractivity contribution < 1.29 is 4.79 Å². The van der Waals surface area contributed by atoms with Crippen molar-refractivity contribution in [2.75, 3.05) is 16.8 Å². The Bertz CT molecular complexity index is 1320. The molecule has 0 spiro atoms. The standard InChI is InChI=1S/C26H26N4O3/c1-2-30(15-16-7-4-3-5-8-16)18-13-11-17(12-14-18)21-22-19(9-6-10-20(22)31)27-24-23(21)25(32)29-26(33)28-24/h3-5,7-9,11-14,21-22H,2,6,10,15H2,1H3,(H3,27,28,29,32,33). The normalized spacial score (nSPS) is 19.2. The van der Waals surface area contributed by atoms with Gasteiger partial charge in [0.1, 0.15) is 11.6 Å². The highest BCUT2D eigenvalue weighted by Gasteiger charge is 2.42. The van der Waals surface area contributed by atoms with E-state index in [1.807, 2.05) is 48.5 Å². The van der Waals surface area contributed by atoms with Gasteiger partial charge in [0.15, 0.2) is 0 Å². The Morgan fingerprint density at radius 2 is 1.70 bits per heavy atom. The van der Waals surface area contributed by atoms with Crippen LogP contribution < -0.4 is 21.5 Å². The predicted octanol–water partition coefficient (Wildman–Crippen LogP) is 3.51. The first-order valence-corrected chi connectivity index (χ1v) is 11.3. The summed E-state index contributed by atoms with van der Waals surface area (Å²) in [5.41, 5.74) is 3.30. The summed E-state index contributed by atoms with van der Waals surface area (Å²) in [5.74, 6) is -0.450. The maximum absolute atomic E-state index is 13.0. The first-order valence-electron chi connectivity index (χ1n) is 11.3. The molecule has 2 unspecified atom stereocenters. The van der Waals surface area contributed by atoms with Crippen LogP contribution in [-0.2, 0) is 11.3 Å². The molecule has 33 heavy (non-hydrogen) atoms. The second kappa shape index (κ2) is 8.58. The zero-order chi connectivity index (χ0) is 22.9. The highest BCUT2D eigenvalue weighted by atomic mass is 16.2. The molecular weight excluding hydrogens is 416 g/mol. The molecule has 2 aliphatic rings. The molecule has 2 heterocycles. The average molecular weight is 443 g/mol. The van der Waals surface area contributed by atoms with Crippen molar-refractivity contribution in [1.29, 1.82) is 0 Å². The van der Waals surface area contributed by atoms with E-state index in [0.29, 0.717) is 24.2 Å². The third-order valence-corrected chi connectivity index (χ3v) is 6.55. The van der Waals surface area contributed by atoms with Crippen LogP contribution in [0.15, 0.2) is 76.0 Å². The maximum Gasteiger partial charge on any atom is 0.327 e. The lowest BCUT2D eigenvalue weighted by Gasteiger charge is -2.36. The molecule has 168 valence electrons. The minimum Gasteiger partial charge on any atom is -0.367 e. The average Bonchev–Trinajstić information content (AvgIpc) is 2.82. The molecule has 0 amide bonds. The van der Waals surface area contributed by atoms with E-state index in [4.69, 9.17) is 0 Å². The Morgan fingerprint density at radius 1 is 0.939 bits per heavy atom. The zero-order valence-electron chi connectivity index (χ0n) is 18.4. The van der Waals surface area contributed by atoms with E-state index in [0.717, 1.165) is 30.0 Å². The van der Waals surface area contributed by atoms with Crippen LogP contribution in [0.3, 0.4) is 0 Å². The van der Waals surface area contributed by atoms with Gasteiger partial charge in [0.05, 0.1) is 11.5 Å². The fraction of sp³-hybridized carbons (Fsp3) is 0.269. The number of Topliss-reactive ketones (excluding diaryl/α,β-unsaturated/α-hetero) is 1. The van der Waals surface area contributed by atoms with Gasteiger partial charge in [-0.3, -0.25) is 19.6 Å². The minimum atomic E-state index is -0.568. The monoisotopic (exact) mass is 442 g/mol. The summed E-state index contributed by atoms with van der Waals surface area (Å²) >= 11 is 0. The number of fused-ring (bicyclic) bond motifs is 2. The van der Waals surface area contributed by atoms with Gasteiger partial charge in [-0.05, 0) is 36.6 Å². The van der Waals surface area contributed by atoms with E-state index in [1.165, 1.54) is 5.56 Å². The number of aromatic amines is 2. The number of hydrogen-bond donors (Lipinski definition) is 3. The summed E-state index contributed by atoms with van der Waals surface area (Å²) in [5, 5.41) is 3.13. The van der Waals surface area contributed by atoms with Crippen LogP contribution in [0, 0.1) is 5.92 Å². The van der Waals surface area contributed by atoms with Gasteiger partial charge >= 0.3 is 5.69 Å². The Balaban J connectivity index is 1.54. The Labute approximate surface area is 191 Å². The predicted molar refractivity (Wildman–Crippen MR) is 129 cm³/mol. The molecule has 7 heteroatoms. The van der Waals surface area contributed by atoms with Crippen LogP contribution in [-0.4, -0.2) is 22.3 Å². The van der Waals surface area contributed by atoms with Crippen molar-refractivity contribution in [2.24, 2.45) is 5.92 Å². The van der Waals surface area contributed by atoms with Crippen LogP contribution in [0.2, 0.25) is 0 Å². The van der Waals surface area contributed by atoms with E-state index in [9.17, 15) is 14.4 Å². The Kier molecular flexibility index (Phi) is 5.46. The molecule has 0 bridgehead atoms. The number of carbonyl (C=O) groups is 1. The van der Waals surface area contributed by atoms with Crippen molar-refractivity contribution in [2.45, 2.75) is 32.2 Å². The van der Waals surface area contributed by atoms with Crippen LogP contribution in [0.25, 0.3) is 0 Å². The number of ketones is 1. The molecule has 0 saturated heterocycles. The number of aromatic nitrogens is 2. The number of anilines is 2. The smallest absolute Gasteiger partial charge is 0.327 e. The molecule has 1 aromatic heterocycles. The third kappa shape index (κ3) is 3.91. The van der Waals surface area contributed by atoms with Gasteiger partial charge in [-0.2, -0.15) is 0 Å². The highest BCUT2D eigenvalue weighted by molar-refractivity contribution is 5.89. The lowest BCUT2D eigenvalue weighted by molar-refractivity contribution is -0.122. The van der Waals surface area contributed by atoms with Crippen molar-refractivity contribution in [3.8, 4) is 0 Å². The summed E-state index contributed by atoms with van der Waals surface area (Å²) in [6, 6.07) is 18.4. The van der Waals surface area contributed by atoms with Crippen LogP contribution in [0.5, 0.6) is 0 Å². The molecular formula is C26H26N4O3. The van der Waals surface area contributed by atoms with Gasteiger partial charge in [-0.1, -0.05) is 48.5 Å². The number of allylic oxidation sites excluding steroid dienone is 2. The number of nitrogens with zero attached hydrogens (tertiary/aromatic N) is 1. The SMILES string of the molecule is CCN(Cc1ccccc1)c1ccc(C2c3c([nH]c(=O)[nH]c3=O)NC3=CCCC(=O)C32)cc1. The van der Waals surface area contributed by atoms with E-state index in [1.54, 1.807) is 0 Å². The van der Waals surface area contributed by atoms with Crippen molar-refractivity contribution in [3.05, 3.63) is 104 Å². The van der Waals surface area contributed by atoms with Crippen molar-refractivity contribution in [1.82, 2.24) is 9.97 Å². The van der Waals surface area contributed by atoms with E-state index in [2.05, 4.69) is 39.2 Å². The molecule has 0 saturated carbocycles. The molecule has 2 aromatic carbocycles. The van der Waals surface area contributed by atoms with Gasteiger partial charge < -0.3 is 10.2 Å². The number of H-pyrrole nitrogens is 2. The second-order valence-electron chi connectivity index (χ2n) is 8.53. The summed E-state index contributed by atoms with van der Waals surface area (Å²) in [6.07, 6.45) is 3.09. The molecule has 0 radical (unpaired) electrons. The first kappa shape index (κ1) is 21.0. The molecule has 0 fully saturated rings.